The number of rotatable bonds is 4. The molecule has 16 heavy (non-hydrogen) atoms. The molecule has 0 radical (unpaired) electrons. The first-order valence-electron chi connectivity index (χ1n) is 5.57. The summed E-state index contributed by atoms with van der Waals surface area (Å²) >= 11 is 1.86. The first-order valence-corrected chi connectivity index (χ1v) is 6.72. The zero-order valence-electron chi connectivity index (χ0n) is 9.48. The normalized spacial score (nSPS) is 20.9. The van der Waals surface area contributed by atoms with Crippen LogP contribution < -0.4 is 5.32 Å². The minimum atomic E-state index is 0.0652. The van der Waals surface area contributed by atoms with Crippen molar-refractivity contribution in [1.82, 2.24) is 15.1 Å². The highest BCUT2D eigenvalue weighted by molar-refractivity contribution is 7.99. The van der Waals surface area contributed by atoms with Gasteiger partial charge in [0, 0.05) is 37.7 Å². The van der Waals surface area contributed by atoms with Gasteiger partial charge in [0.2, 0.25) is 0 Å². The summed E-state index contributed by atoms with van der Waals surface area (Å²) in [4.78, 5) is 11.9. The second-order valence-corrected chi connectivity index (χ2v) is 5.22. The first kappa shape index (κ1) is 11.7. The van der Waals surface area contributed by atoms with Gasteiger partial charge in [0.1, 0.15) is 0 Å². The standard InChI is InChI=1S/C11H17N3OS/c1-14-7-9(6-13-14)2-3-11(15)10-8-16-5-4-12-10/h6-7,10,12H,2-5,8H2,1H3. The van der Waals surface area contributed by atoms with Crippen LogP contribution in [0.25, 0.3) is 0 Å². The first-order chi connectivity index (χ1) is 7.75. The Hall–Kier alpha value is -0.810. The molecule has 2 heterocycles. The van der Waals surface area contributed by atoms with Crippen molar-refractivity contribution in [2.45, 2.75) is 18.9 Å². The van der Waals surface area contributed by atoms with E-state index in [-0.39, 0.29) is 6.04 Å². The van der Waals surface area contributed by atoms with Gasteiger partial charge in [-0.2, -0.15) is 16.9 Å². The lowest BCUT2D eigenvalue weighted by Gasteiger charge is -2.21. The van der Waals surface area contributed by atoms with E-state index < -0.39 is 0 Å². The van der Waals surface area contributed by atoms with Crippen LogP contribution in [0, 0.1) is 0 Å². The van der Waals surface area contributed by atoms with Gasteiger partial charge in [0.15, 0.2) is 5.78 Å². The summed E-state index contributed by atoms with van der Waals surface area (Å²) in [6, 6.07) is 0.0652. The molecule has 1 atom stereocenters. The lowest BCUT2D eigenvalue weighted by Crippen LogP contribution is -2.43. The minimum Gasteiger partial charge on any atom is -0.306 e. The van der Waals surface area contributed by atoms with Crippen LogP contribution in [0.5, 0.6) is 0 Å². The van der Waals surface area contributed by atoms with E-state index in [9.17, 15) is 4.79 Å². The lowest BCUT2D eigenvalue weighted by molar-refractivity contribution is -0.120. The van der Waals surface area contributed by atoms with Gasteiger partial charge in [-0.1, -0.05) is 0 Å². The molecule has 0 spiro atoms. The molecule has 1 aliphatic heterocycles. The van der Waals surface area contributed by atoms with Crippen molar-refractivity contribution in [2.75, 3.05) is 18.1 Å². The van der Waals surface area contributed by atoms with Gasteiger partial charge in [-0.3, -0.25) is 9.48 Å². The van der Waals surface area contributed by atoms with E-state index in [1.807, 2.05) is 31.2 Å². The van der Waals surface area contributed by atoms with Gasteiger partial charge >= 0.3 is 0 Å². The number of aromatic nitrogens is 2. The van der Waals surface area contributed by atoms with Gasteiger partial charge in [0.05, 0.1) is 12.2 Å². The molecular weight excluding hydrogens is 222 g/mol. The van der Waals surface area contributed by atoms with Crippen LogP contribution in [-0.4, -0.2) is 39.7 Å². The third kappa shape index (κ3) is 3.09. The highest BCUT2D eigenvalue weighted by Crippen LogP contribution is 2.11. The molecule has 0 amide bonds. The van der Waals surface area contributed by atoms with Crippen LogP contribution in [0.3, 0.4) is 0 Å². The molecular formula is C11H17N3OS. The molecule has 2 rings (SSSR count). The third-order valence-corrected chi connectivity index (χ3v) is 3.79. The Bertz CT molecular complexity index is 358. The summed E-state index contributed by atoms with van der Waals surface area (Å²) in [5.74, 6) is 2.37. The fraction of sp³-hybridized carbons (Fsp3) is 0.636. The Labute approximate surface area is 99.8 Å². The highest BCUT2D eigenvalue weighted by atomic mass is 32.2. The Kier molecular flexibility index (Phi) is 4.01. The summed E-state index contributed by atoms with van der Waals surface area (Å²) in [7, 11) is 1.89. The molecule has 0 saturated carbocycles. The number of nitrogens with one attached hydrogen (secondary N) is 1. The molecule has 1 aliphatic rings. The fourth-order valence-electron chi connectivity index (χ4n) is 1.81. The van der Waals surface area contributed by atoms with Crippen LogP contribution in [0.15, 0.2) is 12.4 Å². The number of carbonyl (C=O) groups excluding carboxylic acids is 1. The van der Waals surface area contributed by atoms with Crippen molar-refractivity contribution in [3.63, 3.8) is 0 Å². The smallest absolute Gasteiger partial charge is 0.150 e. The largest absolute Gasteiger partial charge is 0.306 e. The SMILES string of the molecule is Cn1cc(CCC(=O)C2CSCCN2)cn1. The van der Waals surface area contributed by atoms with Crippen LogP contribution in [0.1, 0.15) is 12.0 Å². The number of aryl methyl sites for hydroxylation is 2. The molecule has 0 bridgehead atoms. The van der Waals surface area contributed by atoms with E-state index >= 15 is 0 Å². The molecule has 1 N–H and O–H groups in total. The van der Waals surface area contributed by atoms with Crippen LogP contribution in [-0.2, 0) is 18.3 Å². The number of hydrogen-bond acceptors (Lipinski definition) is 4. The van der Waals surface area contributed by atoms with Crippen molar-refractivity contribution < 1.29 is 4.79 Å². The second-order valence-electron chi connectivity index (χ2n) is 4.07. The average Bonchev–Trinajstić information content (AvgIpc) is 2.73. The number of thioether (sulfide) groups is 1. The summed E-state index contributed by atoms with van der Waals surface area (Å²) in [6.07, 6.45) is 5.21. The van der Waals surface area contributed by atoms with E-state index in [0.29, 0.717) is 12.2 Å². The molecule has 1 aromatic rings. The topological polar surface area (TPSA) is 46.9 Å². The monoisotopic (exact) mass is 239 g/mol. The molecule has 1 saturated heterocycles. The molecule has 1 fully saturated rings. The van der Waals surface area contributed by atoms with Gasteiger partial charge < -0.3 is 5.32 Å². The van der Waals surface area contributed by atoms with Crippen molar-refractivity contribution in [2.24, 2.45) is 7.05 Å². The third-order valence-electron chi connectivity index (χ3n) is 2.73. The molecule has 0 aromatic carbocycles. The summed E-state index contributed by atoms with van der Waals surface area (Å²) < 4.78 is 1.77. The van der Waals surface area contributed by atoms with Crippen molar-refractivity contribution in [1.29, 1.82) is 0 Å². The Morgan fingerprint density at radius 2 is 2.62 bits per heavy atom. The molecule has 4 nitrogen and oxygen atoms in total. The van der Waals surface area contributed by atoms with Gasteiger partial charge in [-0.25, -0.2) is 0 Å². The fourth-order valence-corrected chi connectivity index (χ4v) is 2.78. The Morgan fingerprint density at radius 3 is 3.25 bits per heavy atom. The number of nitrogens with zero attached hydrogens (tertiary/aromatic N) is 2. The zero-order chi connectivity index (χ0) is 11.4. The minimum absolute atomic E-state index is 0.0652. The van der Waals surface area contributed by atoms with E-state index in [4.69, 9.17) is 0 Å². The quantitative estimate of drug-likeness (QED) is 0.837. The van der Waals surface area contributed by atoms with E-state index in [0.717, 1.165) is 30.0 Å². The van der Waals surface area contributed by atoms with E-state index in [1.54, 1.807) is 4.68 Å². The van der Waals surface area contributed by atoms with Gasteiger partial charge in [0.25, 0.3) is 0 Å². The maximum absolute atomic E-state index is 11.9. The summed E-state index contributed by atoms with van der Waals surface area (Å²) in [6.45, 7) is 0.952. The van der Waals surface area contributed by atoms with Crippen molar-refractivity contribution >= 4 is 17.5 Å². The predicted molar refractivity (Wildman–Crippen MR) is 65.7 cm³/mol. The van der Waals surface area contributed by atoms with Crippen molar-refractivity contribution in [3.8, 4) is 0 Å². The molecule has 1 unspecified atom stereocenters. The predicted octanol–water partition coefficient (Wildman–Crippen LogP) is 0.627. The molecule has 0 aliphatic carbocycles. The van der Waals surface area contributed by atoms with Crippen LogP contribution in [0.2, 0.25) is 0 Å². The summed E-state index contributed by atoms with van der Waals surface area (Å²) in [5, 5.41) is 7.36. The van der Waals surface area contributed by atoms with Crippen molar-refractivity contribution in [3.05, 3.63) is 18.0 Å². The van der Waals surface area contributed by atoms with Crippen LogP contribution in [0.4, 0.5) is 0 Å². The second kappa shape index (κ2) is 5.50. The molecule has 1 aromatic heterocycles. The Balaban J connectivity index is 1.78. The number of carbonyl (C=O) groups is 1. The Morgan fingerprint density at radius 1 is 1.75 bits per heavy atom. The maximum Gasteiger partial charge on any atom is 0.150 e. The number of hydrogen-bond donors (Lipinski definition) is 1. The van der Waals surface area contributed by atoms with E-state index in [1.165, 1.54) is 0 Å². The molecule has 88 valence electrons. The lowest BCUT2D eigenvalue weighted by atomic mass is 10.1. The van der Waals surface area contributed by atoms with Crippen LogP contribution >= 0.6 is 11.8 Å². The number of Topliss-reactive ketones (excluding diaryl/α,β-unsaturated/α-hetero) is 1. The highest BCUT2D eigenvalue weighted by Gasteiger charge is 2.20. The van der Waals surface area contributed by atoms with Gasteiger partial charge in [-0.05, 0) is 12.0 Å². The van der Waals surface area contributed by atoms with E-state index in [2.05, 4.69) is 10.4 Å². The average molecular weight is 239 g/mol. The maximum atomic E-state index is 11.9. The van der Waals surface area contributed by atoms with Gasteiger partial charge in [-0.15, -0.1) is 0 Å². The zero-order valence-corrected chi connectivity index (χ0v) is 10.3. The summed E-state index contributed by atoms with van der Waals surface area (Å²) in [5.41, 5.74) is 1.14. The number of ketones is 1. The molecule has 5 heteroatoms.